The maximum absolute atomic E-state index is 12.0. The Morgan fingerprint density at radius 3 is 2.54 bits per heavy atom. The number of anilines is 1. The lowest BCUT2D eigenvalue weighted by atomic mass is 10.1. The minimum Gasteiger partial charge on any atom is -0.493 e. The first-order valence-electron chi connectivity index (χ1n) is 7.86. The van der Waals surface area contributed by atoms with E-state index in [1.165, 1.54) is 11.3 Å². The Labute approximate surface area is 146 Å². The van der Waals surface area contributed by atoms with Gasteiger partial charge in [0.25, 0.3) is 0 Å². The zero-order valence-corrected chi connectivity index (χ0v) is 15.2. The highest BCUT2D eigenvalue weighted by molar-refractivity contribution is 7.14. The molecule has 7 heteroatoms. The number of methoxy groups -OCH3 is 2. The smallest absolute Gasteiger partial charge is 0.321 e. The lowest BCUT2D eigenvalue weighted by molar-refractivity contribution is 0.247. The zero-order chi connectivity index (χ0) is 17.5. The molecule has 1 aromatic carbocycles. The molecular weight excluding hydrogens is 326 g/mol. The van der Waals surface area contributed by atoms with Crippen LogP contribution in [0.5, 0.6) is 11.5 Å². The predicted octanol–water partition coefficient (Wildman–Crippen LogP) is 4.14. The van der Waals surface area contributed by atoms with Crippen LogP contribution in [0.4, 0.5) is 9.93 Å². The number of nitrogens with one attached hydrogen (secondary N) is 2. The number of carbonyl (C=O) groups is 1. The Kier molecular flexibility index (Phi) is 6.43. The van der Waals surface area contributed by atoms with Crippen LogP contribution in [-0.2, 0) is 0 Å². The van der Waals surface area contributed by atoms with Gasteiger partial charge in [-0.2, -0.15) is 0 Å². The van der Waals surface area contributed by atoms with Crippen LogP contribution in [0, 0.1) is 0 Å². The molecule has 0 saturated heterocycles. The van der Waals surface area contributed by atoms with Crippen molar-refractivity contribution in [1.29, 1.82) is 0 Å². The van der Waals surface area contributed by atoms with E-state index in [0.29, 0.717) is 16.6 Å². The topological polar surface area (TPSA) is 72.5 Å². The van der Waals surface area contributed by atoms with Gasteiger partial charge in [-0.3, -0.25) is 5.32 Å². The first-order chi connectivity index (χ1) is 11.6. The molecule has 1 heterocycles. The molecule has 2 aromatic rings. The SMILES string of the molecule is CCC(CC)NC(=O)Nc1nc(-c2ccc(OC)c(OC)c2)cs1. The highest BCUT2D eigenvalue weighted by Gasteiger charge is 2.12. The third-order valence-corrected chi connectivity index (χ3v) is 4.48. The molecule has 0 unspecified atom stereocenters. The van der Waals surface area contributed by atoms with E-state index in [-0.39, 0.29) is 12.1 Å². The molecule has 2 amide bonds. The van der Waals surface area contributed by atoms with Crippen LogP contribution in [0.15, 0.2) is 23.6 Å². The number of nitrogens with zero attached hydrogens (tertiary/aromatic N) is 1. The van der Waals surface area contributed by atoms with E-state index in [0.717, 1.165) is 24.1 Å². The largest absolute Gasteiger partial charge is 0.493 e. The van der Waals surface area contributed by atoms with Crippen LogP contribution in [0.1, 0.15) is 26.7 Å². The molecule has 0 aliphatic carbocycles. The van der Waals surface area contributed by atoms with E-state index in [4.69, 9.17) is 9.47 Å². The Morgan fingerprint density at radius 1 is 1.21 bits per heavy atom. The maximum atomic E-state index is 12.0. The Hall–Kier alpha value is -2.28. The predicted molar refractivity (Wildman–Crippen MR) is 97.2 cm³/mol. The standard InChI is InChI=1S/C17H23N3O3S/c1-5-12(6-2)18-16(21)20-17-19-13(10-24-17)11-7-8-14(22-3)15(9-11)23-4/h7-10,12H,5-6H2,1-4H3,(H2,18,19,20,21). The fraction of sp³-hybridized carbons (Fsp3) is 0.412. The van der Waals surface area contributed by atoms with E-state index in [1.54, 1.807) is 14.2 Å². The lowest BCUT2D eigenvalue weighted by Gasteiger charge is -2.14. The first kappa shape index (κ1) is 18.1. The van der Waals surface area contributed by atoms with E-state index in [9.17, 15) is 4.79 Å². The van der Waals surface area contributed by atoms with Crippen molar-refractivity contribution in [3.05, 3.63) is 23.6 Å². The van der Waals surface area contributed by atoms with Gasteiger partial charge in [0.2, 0.25) is 0 Å². The molecule has 0 atom stereocenters. The molecule has 0 fully saturated rings. The van der Waals surface area contributed by atoms with Gasteiger partial charge < -0.3 is 14.8 Å². The first-order valence-corrected chi connectivity index (χ1v) is 8.74. The van der Waals surface area contributed by atoms with Crippen molar-refractivity contribution in [3.63, 3.8) is 0 Å². The van der Waals surface area contributed by atoms with E-state index < -0.39 is 0 Å². The molecule has 0 aliphatic rings. The molecule has 0 spiro atoms. The van der Waals surface area contributed by atoms with Gasteiger partial charge in [0.05, 0.1) is 19.9 Å². The molecule has 2 rings (SSSR count). The molecule has 0 radical (unpaired) electrons. The van der Waals surface area contributed by atoms with Crippen LogP contribution in [0.3, 0.4) is 0 Å². The summed E-state index contributed by atoms with van der Waals surface area (Å²) in [5.74, 6) is 1.31. The summed E-state index contributed by atoms with van der Waals surface area (Å²) < 4.78 is 10.5. The highest BCUT2D eigenvalue weighted by atomic mass is 32.1. The lowest BCUT2D eigenvalue weighted by Crippen LogP contribution is -2.37. The second kappa shape index (κ2) is 8.54. The molecule has 2 N–H and O–H groups in total. The molecule has 6 nitrogen and oxygen atoms in total. The van der Waals surface area contributed by atoms with E-state index in [1.807, 2.05) is 37.4 Å². The summed E-state index contributed by atoms with van der Waals surface area (Å²) in [4.78, 5) is 16.4. The number of hydrogen-bond acceptors (Lipinski definition) is 5. The number of amides is 2. The van der Waals surface area contributed by atoms with Crippen LogP contribution in [0.25, 0.3) is 11.3 Å². The number of rotatable bonds is 7. The van der Waals surface area contributed by atoms with Gasteiger partial charge in [-0.1, -0.05) is 13.8 Å². The van der Waals surface area contributed by atoms with Crippen LogP contribution in [0.2, 0.25) is 0 Å². The molecular formula is C17H23N3O3S. The fourth-order valence-corrected chi connectivity index (χ4v) is 2.99. The number of hydrogen-bond donors (Lipinski definition) is 2. The van der Waals surface area contributed by atoms with E-state index >= 15 is 0 Å². The zero-order valence-electron chi connectivity index (χ0n) is 14.4. The van der Waals surface area contributed by atoms with Gasteiger partial charge in [-0.25, -0.2) is 9.78 Å². The third-order valence-electron chi connectivity index (χ3n) is 3.72. The number of aromatic nitrogens is 1. The summed E-state index contributed by atoms with van der Waals surface area (Å²) in [7, 11) is 3.19. The van der Waals surface area contributed by atoms with Crippen molar-refractivity contribution in [2.24, 2.45) is 0 Å². The monoisotopic (exact) mass is 349 g/mol. The Bertz CT molecular complexity index is 683. The van der Waals surface area contributed by atoms with E-state index in [2.05, 4.69) is 15.6 Å². The number of benzene rings is 1. The van der Waals surface area contributed by atoms with Crippen LogP contribution >= 0.6 is 11.3 Å². The third kappa shape index (κ3) is 4.38. The summed E-state index contributed by atoms with van der Waals surface area (Å²) in [6.07, 6.45) is 1.80. The molecule has 0 bridgehead atoms. The van der Waals surface area contributed by atoms with Gasteiger partial charge in [0, 0.05) is 17.0 Å². The summed E-state index contributed by atoms with van der Waals surface area (Å²) >= 11 is 1.38. The van der Waals surface area contributed by atoms with Gasteiger partial charge in [0.15, 0.2) is 16.6 Å². The number of urea groups is 1. The maximum Gasteiger partial charge on any atom is 0.321 e. The summed E-state index contributed by atoms with van der Waals surface area (Å²) in [6, 6.07) is 5.56. The van der Waals surface area contributed by atoms with Gasteiger partial charge in [-0.05, 0) is 31.0 Å². The summed E-state index contributed by atoms with van der Waals surface area (Å²) in [5, 5.41) is 8.17. The number of ether oxygens (including phenoxy) is 2. The van der Waals surface area contributed by atoms with Crippen molar-refractivity contribution in [2.45, 2.75) is 32.7 Å². The Morgan fingerprint density at radius 2 is 1.92 bits per heavy atom. The average molecular weight is 349 g/mol. The summed E-state index contributed by atoms with van der Waals surface area (Å²) in [6.45, 7) is 4.10. The molecule has 0 aliphatic heterocycles. The minimum atomic E-state index is -0.225. The van der Waals surface area contributed by atoms with Crippen molar-refractivity contribution in [2.75, 3.05) is 19.5 Å². The van der Waals surface area contributed by atoms with Gasteiger partial charge >= 0.3 is 6.03 Å². The molecule has 1 aromatic heterocycles. The van der Waals surface area contributed by atoms with Crippen molar-refractivity contribution in [1.82, 2.24) is 10.3 Å². The van der Waals surface area contributed by atoms with Gasteiger partial charge in [0.1, 0.15) is 0 Å². The summed E-state index contributed by atoms with van der Waals surface area (Å²) in [5.41, 5.74) is 1.68. The van der Waals surface area contributed by atoms with Crippen LogP contribution < -0.4 is 20.1 Å². The van der Waals surface area contributed by atoms with Gasteiger partial charge in [-0.15, -0.1) is 11.3 Å². The van der Waals surface area contributed by atoms with Crippen LogP contribution in [-0.4, -0.2) is 31.3 Å². The van der Waals surface area contributed by atoms with Crippen molar-refractivity contribution < 1.29 is 14.3 Å². The second-order valence-electron chi connectivity index (χ2n) is 5.22. The number of carbonyl (C=O) groups excluding carboxylic acids is 1. The molecule has 0 saturated carbocycles. The second-order valence-corrected chi connectivity index (χ2v) is 6.08. The molecule has 24 heavy (non-hydrogen) atoms. The average Bonchev–Trinajstić information content (AvgIpc) is 3.07. The minimum absolute atomic E-state index is 0.176. The quantitative estimate of drug-likeness (QED) is 0.788. The van der Waals surface area contributed by atoms with Crippen molar-refractivity contribution in [3.8, 4) is 22.8 Å². The highest BCUT2D eigenvalue weighted by Crippen LogP contribution is 2.33. The normalized spacial score (nSPS) is 10.5. The molecule has 130 valence electrons. The van der Waals surface area contributed by atoms with Crippen molar-refractivity contribution >= 4 is 22.5 Å². The Balaban J connectivity index is 2.09. The number of thiazole rings is 1. The fourth-order valence-electron chi connectivity index (χ4n) is 2.27.